The lowest BCUT2D eigenvalue weighted by Crippen LogP contribution is -2.26. The number of allylic oxidation sites excluding steroid dienone is 1. The van der Waals surface area contributed by atoms with Crippen molar-refractivity contribution in [3.8, 4) is 0 Å². The van der Waals surface area contributed by atoms with Crippen LogP contribution in [-0.4, -0.2) is 8.32 Å². The van der Waals surface area contributed by atoms with E-state index < -0.39 is 8.32 Å². The van der Waals surface area contributed by atoms with Gasteiger partial charge < -0.3 is 4.43 Å². The third-order valence-electron chi connectivity index (χ3n) is 4.92. The summed E-state index contributed by atoms with van der Waals surface area (Å²) in [4.78, 5) is 0. The van der Waals surface area contributed by atoms with Crippen LogP contribution in [0, 0.1) is 0 Å². The molecule has 3 aromatic rings. The lowest BCUT2D eigenvalue weighted by Gasteiger charge is -2.29. The molecule has 26 heavy (non-hydrogen) atoms. The highest BCUT2D eigenvalue weighted by atomic mass is 28.4. The van der Waals surface area contributed by atoms with Crippen LogP contribution in [0.1, 0.15) is 23.1 Å². The molecule has 1 nitrogen and oxygen atoms in total. The van der Waals surface area contributed by atoms with Crippen LogP contribution in [0.15, 0.2) is 72.3 Å². The van der Waals surface area contributed by atoms with Crippen molar-refractivity contribution >= 4 is 24.8 Å². The number of hydrogen-bond donors (Lipinski definition) is 0. The monoisotopic (exact) mass is 358 g/mol. The molecule has 2 heteroatoms. The maximum atomic E-state index is 6.60. The predicted octanol–water partition coefficient (Wildman–Crippen LogP) is 6.59. The van der Waals surface area contributed by atoms with Crippen molar-refractivity contribution in [2.75, 3.05) is 0 Å². The van der Waals surface area contributed by atoms with E-state index in [9.17, 15) is 0 Å². The van der Waals surface area contributed by atoms with Gasteiger partial charge in [-0.2, -0.15) is 0 Å². The summed E-state index contributed by atoms with van der Waals surface area (Å²) in [6.07, 6.45) is 3.17. The highest BCUT2D eigenvalue weighted by Gasteiger charge is 2.25. The van der Waals surface area contributed by atoms with Crippen molar-refractivity contribution in [2.24, 2.45) is 0 Å². The summed E-state index contributed by atoms with van der Waals surface area (Å²) in [7, 11) is -1.67. The standard InChI is InChI=1S/C24H26OSi/c1-26(2,3)25-24-22(15-14-20-9-6-7-11-23(20)24)17-18-12-13-19-8-4-5-10-21(19)16-18/h4-13,16H,14-15,17H2,1-3H3. The largest absolute Gasteiger partial charge is 0.544 e. The molecule has 0 radical (unpaired) electrons. The third kappa shape index (κ3) is 3.61. The molecule has 0 fully saturated rings. The average Bonchev–Trinajstić information content (AvgIpc) is 2.62. The minimum absolute atomic E-state index is 0.971. The van der Waals surface area contributed by atoms with Gasteiger partial charge in [0.15, 0.2) is 0 Å². The van der Waals surface area contributed by atoms with Crippen LogP contribution < -0.4 is 0 Å². The van der Waals surface area contributed by atoms with Crippen LogP contribution in [0.2, 0.25) is 19.6 Å². The summed E-state index contributed by atoms with van der Waals surface area (Å²) >= 11 is 0. The van der Waals surface area contributed by atoms with Crippen molar-refractivity contribution in [2.45, 2.75) is 38.9 Å². The van der Waals surface area contributed by atoms with Gasteiger partial charge in [-0.1, -0.05) is 66.7 Å². The molecule has 4 rings (SSSR count). The normalized spacial score (nSPS) is 14.4. The van der Waals surface area contributed by atoms with Gasteiger partial charge in [0, 0.05) is 5.56 Å². The Balaban J connectivity index is 1.75. The molecule has 0 N–H and O–H groups in total. The van der Waals surface area contributed by atoms with Gasteiger partial charge in [0.05, 0.1) is 0 Å². The fraction of sp³-hybridized carbons (Fsp3) is 0.250. The van der Waals surface area contributed by atoms with Gasteiger partial charge in [-0.3, -0.25) is 0 Å². The molecular weight excluding hydrogens is 332 g/mol. The Labute approximate surface area is 157 Å². The molecule has 0 unspecified atom stereocenters. The Morgan fingerprint density at radius 1 is 0.808 bits per heavy atom. The van der Waals surface area contributed by atoms with E-state index in [1.165, 1.54) is 33.0 Å². The second-order valence-electron chi connectivity index (χ2n) is 8.16. The molecule has 132 valence electrons. The van der Waals surface area contributed by atoms with Crippen LogP contribution in [0.4, 0.5) is 0 Å². The van der Waals surface area contributed by atoms with Gasteiger partial charge in [-0.15, -0.1) is 0 Å². The zero-order valence-electron chi connectivity index (χ0n) is 15.9. The molecule has 0 atom stereocenters. The first-order valence-electron chi connectivity index (χ1n) is 9.47. The van der Waals surface area contributed by atoms with E-state index in [4.69, 9.17) is 4.43 Å². The zero-order chi connectivity index (χ0) is 18.1. The highest BCUT2D eigenvalue weighted by Crippen LogP contribution is 2.36. The van der Waals surface area contributed by atoms with E-state index in [1.54, 1.807) is 0 Å². The van der Waals surface area contributed by atoms with Crippen LogP contribution in [0.5, 0.6) is 0 Å². The molecular formula is C24H26OSi. The molecule has 1 aliphatic rings. The van der Waals surface area contributed by atoms with Gasteiger partial charge in [0.25, 0.3) is 0 Å². The van der Waals surface area contributed by atoms with E-state index in [0.717, 1.165) is 25.0 Å². The maximum Gasteiger partial charge on any atom is 0.242 e. The number of hydrogen-bond acceptors (Lipinski definition) is 1. The van der Waals surface area contributed by atoms with Crippen LogP contribution in [-0.2, 0) is 17.3 Å². The Morgan fingerprint density at radius 2 is 1.54 bits per heavy atom. The first-order valence-corrected chi connectivity index (χ1v) is 12.9. The van der Waals surface area contributed by atoms with Gasteiger partial charge >= 0.3 is 0 Å². The summed E-state index contributed by atoms with van der Waals surface area (Å²) in [6.45, 7) is 6.81. The van der Waals surface area contributed by atoms with Crippen molar-refractivity contribution in [3.63, 3.8) is 0 Å². The lowest BCUT2D eigenvalue weighted by atomic mass is 9.87. The second kappa shape index (κ2) is 6.77. The summed E-state index contributed by atoms with van der Waals surface area (Å²) in [6, 6.07) is 24.2. The Kier molecular flexibility index (Phi) is 4.45. The van der Waals surface area contributed by atoms with Crippen molar-refractivity contribution in [1.29, 1.82) is 0 Å². The van der Waals surface area contributed by atoms with E-state index in [0.29, 0.717) is 0 Å². The number of aryl methyl sites for hydroxylation is 1. The van der Waals surface area contributed by atoms with E-state index in [-0.39, 0.29) is 0 Å². The van der Waals surface area contributed by atoms with Crippen molar-refractivity contribution in [1.82, 2.24) is 0 Å². The minimum Gasteiger partial charge on any atom is -0.544 e. The quantitative estimate of drug-likeness (QED) is 0.478. The van der Waals surface area contributed by atoms with Crippen LogP contribution >= 0.6 is 0 Å². The highest BCUT2D eigenvalue weighted by molar-refractivity contribution is 6.70. The summed E-state index contributed by atoms with van der Waals surface area (Å²) in [5.41, 5.74) is 5.54. The number of benzene rings is 3. The number of fused-ring (bicyclic) bond motifs is 2. The van der Waals surface area contributed by atoms with Crippen LogP contribution in [0.25, 0.3) is 16.5 Å². The van der Waals surface area contributed by atoms with E-state index in [1.807, 2.05) is 0 Å². The Morgan fingerprint density at radius 3 is 2.35 bits per heavy atom. The average molecular weight is 359 g/mol. The van der Waals surface area contributed by atoms with E-state index in [2.05, 4.69) is 86.4 Å². The SMILES string of the molecule is C[Si](C)(C)OC1=C(Cc2ccc3ccccc3c2)CCc2ccccc21. The molecule has 0 aliphatic heterocycles. The summed E-state index contributed by atoms with van der Waals surface area (Å²) in [5.74, 6) is 1.15. The van der Waals surface area contributed by atoms with Gasteiger partial charge in [-0.05, 0) is 66.4 Å². The summed E-state index contributed by atoms with van der Waals surface area (Å²) in [5, 5.41) is 2.62. The first-order chi connectivity index (χ1) is 12.5. The summed E-state index contributed by atoms with van der Waals surface area (Å²) < 4.78 is 6.60. The molecule has 0 bridgehead atoms. The fourth-order valence-corrected chi connectivity index (χ4v) is 4.61. The molecule has 0 heterocycles. The third-order valence-corrected chi connectivity index (χ3v) is 5.74. The Hall–Kier alpha value is -2.32. The maximum absolute atomic E-state index is 6.60. The molecule has 0 saturated heterocycles. The zero-order valence-corrected chi connectivity index (χ0v) is 16.9. The molecule has 0 saturated carbocycles. The number of rotatable bonds is 4. The van der Waals surface area contributed by atoms with Crippen LogP contribution in [0.3, 0.4) is 0 Å². The predicted molar refractivity (Wildman–Crippen MR) is 114 cm³/mol. The van der Waals surface area contributed by atoms with Gasteiger partial charge in [-0.25, -0.2) is 0 Å². The first kappa shape index (κ1) is 17.1. The Bertz CT molecular complexity index is 979. The minimum atomic E-state index is -1.67. The molecule has 0 aromatic heterocycles. The van der Waals surface area contributed by atoms with Crippen molar-refractivity contribution in [3.05, 3.63) is 89.0 Å². The van der Waals surface area contributed by atoms with Crippen molar-refractivity contribution < 1.29 is 4.43 Å². The lowest BCUT2D eigenvalue weighted by molar-refractivity contribution is 0.500. The fourth-order valence-electron chi connectivity index (χ4n) is 3.75. The molecule has 3 aromatic carbocycles. The van der Waals surface area contributed by atoms with Gasteiger partial charge in [0.1, 0.15) is 5.76 Å². The smallest absolute Gasteiger partial charge is 0.242 e. The van der Waals surface area contributed by atoms with Gasteiger partial charge in [0.2, 0.25) is 8.32 Å². The molecule has 0 amide bonds. The second-order valence-corrected chi connectivity index (χ2v) is 12.6. The molecule has 0 spiro atoms. The molecule has 1 aliphatic carbocycles. The van der Waals surface area contributed by atoms with E-state index >= 15 is 0 Å². The topological polar surface area (TPSA) is 9.23 Å².